The van der Waals surface area contributed by atoms with Gasteiger partial charge in [-0.2, -0.15) is 0 Å². The van der Waals surface area contributed by atoms with Crippen LogP contribution in [0.3, 0.4) is 0 Å². The SMILES string of the molecule is CCCCc1c(N)ccc(N)c1F. The Bertz CT molecular complexity index is 297. The van der Waals surface area contributed by atoms with Gasteiger partial charge in [0.2, 0.25) is 0 Å². The lowest BCUT2D eigenvalue weighted by Crippen LogP contribution is -2.02. The minimum absolute atomic E-state index is 0.181. The monoisotopic (exact) mass is 182 g/mol. The fourth-order valence-corrected chi connectivity index (χ4v) is 1.26. The minimum atomic E-state index is -0.353. The maximum Gasteiger partial charge on any atom is 0.151 e. The number of rotatable bonds is 3. The van der Waals surface area contributed by atoms with Crippen LogP contribution < -0.4 is 11.5 Å². The van der Waals surface area contributed by atoms with E-state index in [1.165, 1.54) is 6.07 Å². The Morgan fingerprint density at radius 1 is 1.23 bits per heavy atom. The molecule has 4 N–H and O–H groups in total. The lowest BCUT2D eigenvalue weighted by Gasteiger charge is -2.07. The molecule has 72 valence electrons. The van der Waals surface area contributed by atoms with Gasteiger partial charge in [-0.25, -0.2) is 4.39 Å². The lowest BCUT2D eigenvalue weighted by molar-refractivity contribution is 0.609. The summed E-state index contributed by atoms with van der Waals surface area (Å²) in [5, 5.41) is 0. The molecule has 2 nitrogen and oxygen atoms in total. The average molecular weight is 182 g/mol. The first-order valence-electron chi connectivity index (χ1n) is 4.49. The molecule has 1 rings (SSSR count). The number of anilines is 2. The highest BCUT2D eigenvalue weighted by Gasteiger charge is 2.08. The van der Waals surface area contributed by atoms with E-state index >= 15 is 0 Å². The third-order valence-corrected chi connectivity index (χ3v) is 2.09. The van der Waals surface area contributed by atoms with Gasteiger partial charge in [0, 0.05) is 11.3 Å². The summed E-state index contributed by atoms with van der Waals surface area (Å²) in [6, 6.07) is 3.16. The van der Waals surface area contributed by atoms with Crippen LogP contribution in [0.25, 0.3) is 0 Å². The molecule has 1 aromatic carbocycles. The molecule has 0 fully saturated rings. The zero-order chi connectivity index (χ0) is 9.84. The molecule has 0 spiro atoms. The Morgan fingerprint density at radius 3 is 2.46 bits per heavy atom. The second-order valence-corrected chi connectivity index (χ2v) is 3.14. The van der Waals surface area contributed by atoms with Gasteiger partial charge in [-0.3, -0.25) is 0 Å². The van der Waals surface area contributed by atoms with E-state index in [0.29, 0.717) is 17.7 Å². The number of benzene rings is 1. The average Bonchev–Trinajstić information content (AvgIpc) is 2.12. The summed E-state index contributed by atoms with van der Waals surface area (Å²) >= 11 is 0. The van der Waals surface area contributed by atoms with E-state index in [1.54, 1.807) is 6.07 Å². The summed E-state index contributed by atoms with van der Waals surface area (Å²) in [7, 11) is 0. The van der Waals surface area contributed by atoms with E-state index in [0.717, 1.165) is 12.8 Å². The van der Waals surface area contributed by atoms with Crippen molar-refractivity contribution in [2.24, 2.45) is 0 Å². The number of nitrogen functional groups attached to an aromatic ring is 2. The van der Waals surface area contributed by atoms with Crippen LogP contribution >= 0.6 is 0 Å². The van der Waals surface area contributed by atoms with Gasteiger partial charge >= 0.3 is 0 Å². The number of hydrogen-bond donors (Lipinski definition) is 2. The molecule has 0 unspecified atom stereocenters. The van der Waals surface area contributed by atoms with Crippen molar-refractivity contribution in [2.75, 3.05) is 11.5 Å². The summed E-state index contributed by atoms with van der Waals surface area (Å²) in [6.45, 7) is 2.06. The molecule has 13 heavy (non-hydrogen) atoms. The molecular formula is C10H15FN2. The smallest absolute Gasteiger partial charge is 0.151 e. The van der Waals surface area contributed by atoms with Crippen LogP contribution in [0.5, 0.6) is 0 Å². The van der Waals surface area contributed by atoms with Gasteiger partial charge in [0.15, 0.2) is 5.82 Å². The summed E-state index contributed by atoms with van der Waals surface area (Å²) in [4.78, 5) is 0. The molecule has 0 aliphatic carbocycles. The maximum atomic E-state index is 13.4. The number of nitrogens with two attached hydrogens (primary N) is 2. The third kappa shape index (κ3) is 2.11. The van der Waals surface area contributed by atoms with Crippen molar-refractivity contribution in [1.82, 2.24) is 0 Å². The fourth-order valence-electron chi connectivity index (χ4n) is 1.26. The number of halogens is 1. The predicted octanol–water partition coefficient (Wildman–Crippen LogP) is 2.33. The van der Waals surface area contributed by atoms with Crippen LogP contribution in [0.1, 0.15) is 25.3 Å². The van der Waals surface area contributed by atoms with Gasteiger partial charge in [-0.15, -0.1) is 0 Å². The summed E-state index contributed by atoms with van der Waals surface area (Å²) in [6.07, 6.45) is 2.62. The Labute approximate surface area is 77.7 Å². The van der Waals surface area contributed by atoms with Crippen molar-refractivity contribution >= 4 is 11.4 Å². The quantitative estimate of drug-likeness (QED) is 0.705. The molecule has 3 heteroatoms. The highest BCUT2D eigenvalue weighted by atomic mass is 19.1. The van der Waals surface area contributed by atoms with E-state index in [-0.39, 0.29) is 11.5 Å². The number of unbranched alkanes of at least 4 members (excludes halogenated alkanes) is 1. The standard InChI is InChI=1S/C10H15FN2/c1-2-3-4-7-8(12)5-6-9(13)10(7)11/h5-6H,2-4,12-13H2,1H3. The highest BCUT2D eigenvalue weighted by molar-refractivity contribution is 5.56. The second kappa shape index (κ2) is 4.12. The van der Waals surface area contributed by atoms with Crippen molar-refractivity contribution in [3.8, 4) is 0 Å². The van der Waals surface area contributed by atoms with E-state index in [1.807, 2.05) is 0 Å². The van der Waals surface area contributed by atoms with Gasteiger partial charge in [0.1, 0.15) is 0 Å². The third-order valence-electron chi connectivity index (χ3n) is 2.09. The Kier molecular flexibility index (Phi) is 3.12. The predicted molar refractivity (Wildman–Crippen MR) is 53.8 cm³/mol. The van der Waals surface area contributed by atoms with Crippen molar-refractivity contribution in [2.45, 2.75) is 26.2 Å². The zero-order valence-corrected chi connectivity index (χ0v) is 7.81. The Balaban J connectivity index is 2.96. The van der Waals surface area contributed by atoms with E-state index in [9.17, 15) is 4.39 Å². The van der Waals surface area contributed by atoms with Crippen LogP contribution in [0.15, 0.2) is 12.1 Å². The van der Waals surface area contributed by atoms with Crippen LogP contribution in [-0.4, -0.2) is 0 Å². The second-order valence-electron chi connectivity index (χ2n) is 3.14. The van der Waals surface area contributed by atoms with Gasteiger partial charge in [-0.1, -0.05) is 13.3 Å². The zero-order valence-electron chi connectivity index (χ0n) is 7.81. The molecule has 0 heterocycles. The van der Waals surface area contributed by atoms with Crippen LogP contribution in [-0.2, 0) is 6.42 Å². The van der Waals surface area contributed by atoms with Crippen molar-refractivity contribution < 1.29 is 4.39 Å². The first-order chi connectivity index (χ1) is 6.16. The summed E-state index contributed by atoms with van der Waals surface area (Å²) in [5.74, 6) is -0.353. The van der Waals surface area contributed by atoms with Gasteiger partial charge < -0.3 is 11.5 Å². The van der Waals surface area contributed by atoms with Crippen molar-refractivity contribution in [3.05, 3.63) is 23.5 Å². The molecule has 0 saturated heterocycles. The summed E-state index contributed by atoms with van der Waals surface area (Å²) < 4.78 is 13.4. The first-order valence-corrected chi connectivity index (χ1v) is 4.49. The molecule has 0 bridgehead atoms. The molecule has 0 aliphatic heterocycles. The van der Waals surface area contributed by atoms with Crippen LogP contribution in [0.2, 0.25) is 0 Å². The highest BCUT2D eigenvalue weighted by Crippen LogP contribution is 2.22. The number of hydrogen-bond acceptors (Lipinski definition) is 2. The fraction of sp³-hybridized carbons (Fsp3) is 0.400. The Morgan fingerprint density at radius 2 is 1.85 bits per heavy atom. The largest absolute Gasteiger partial charge is 0.398 e. The normalized spacial score (nSPS) is 10.3. The van der Waals surface area contributed by atoms with Gasteiger partial charge in [0.05, 0.1) is 5.69 Å². The first kappa shape index (κ1) is 9.84. The molecular weight excluding hydrogens is 167 g/mol. The van der Waals surface area contributed by atoms with E-state index in [4.69, 9.17) is 11.5 Å². The molecule has 0 atom stereocenters. The molecule has 1 aromatic rings. The van der Waals surface area contributed by atoms with Crippen molar-refractivity contribution in [3.63, 3.8) is 0 Å². The summed E-state index contributed by atoms with van der Waals surface area (Å²) in [5.41, 5.74) is 12.3. The van der Waals surface area contributed by atoms with Crippen LogP contribution in [0.4, 0.5) is 15.8 Å². The molecule has 0 amide bonds. The van der Waals surface area contributed by atoms with E-state index in [2.05, 4.69) is 6.92 Å². The topological polar surface area (TPSA) is 52.0 Å². The van der Waals surface area contributed by atoms with Gasteiger partial charge in [-0.05, 0) is 25.0 Å². The van der Waals surface area contributed by atoms with Crippen molar-refractivity contribution in [1.29, 1.82) is 0 Å². The molecule has 0 aromatic heterocycles. The minimum Gasteiger partial charge on any atom is -0.398 e. The molecule has 0 aliphatic rings. The van der Waals surface area contributed by atoms with Crippen LogP contribution in [0, 0.1) is 5.82 Å². The Hall–Kier alpha value is -1.25. The molecule has 0 saturated carbocycles. The maximum absolute atomic E-state index is 13.4. The molecule has 0 radical (unpaired) electrons. The lowest BCUT2D eigenvalue weighted by atomic mass is 10.1. The van der Waals surface area contributed by atoms with E-state index < -0.39 is 0 Å². The van der Waals surface area contributed by atoms with Gasteiger partial charge in [0.25, 0.3) is 0 Å².